The number of amides is 1. The zero-order valence-corrected chi connectivity index (χ0v) is 11.5. The minimum Gasteiger partial charge on any atom is -0.497 e. The molecule has 1 aliphatic heterocycles. The summed E-state index contributed by atoms with van der Waals surface area (Å²) < 4.78 is 5.11. The van der Waals surface area contributed by atoms with E-state index in [1.165, 1.54) is 0 Å². The standard InChI is InChI=1S/C15H22N2O2/c1-19-14-7-4-12(5-8-14)6-9-15(18)17-10-2-3-13(16)11-17/h4-5,7-8,13H,2-3,6,9-11,16H2,1H3/t13-/m1/s1. The van der Waals surface area contributed by atoms with Crippen LogP contribution in [0.5, 0.6) is 5.75 Å². The quantitative estimate of drug-likeness (QED) is 0.896. The summed E-state index contributed by atoms with van der Waals surface area (Å²) in [6, 6.07) is 8.02. The molecule has 0 saturated carbocycles. The Morgan fingerprint density at radius 3 is 2.79 bits per heavy atom. The Morgan fingerprint density at radius 2 is 2.16 bits per heavy atom. The fourth-order valence-corrected chi connectivity index (χ4v) is 2.44. The summed E-state index contributed by atoms with van der Waals surface area (Å²) in [6.07, 6.45) is 3.38. The smallest absolute Gasteiger partial charge is 0.222 e. The van der Waals surface area contributed by atoms with E-state index in [1.807, 2.05) is 29.2 Å². The molecule has 1 aromatic carbocycles. The van der Waals surface area contributed by atoms with Gasteiger partial charge < -0.3 is 15.4 Å². The minimum atomic E-state index is 0.152. The first kappa shape index (κ1) is 13.9. The van der Waals surface area contributed by atoms with Crippen LogP contribution in [0.15, 0.2) is 24.3 Å². The summed E-state index contributed by atoms with van der Waals surface area (Å²) in [6.45, 7) is 1.57. The van der Waals surface area contributed by atoms with Gasteiger partial charge in [-0.1, -0.05) is 12.1 Å². The summed E-state index contributed by atoms with van der Waals surface area (Å²) in [4.78, 5) is 14.0. The van der Waals surface area contributed by atoms with Gasteiger partial charge in [0.15, 0.2) is 0 Å². The Hall–Kier alpha value is -1.55. The molecule has 19 heavy (non-hydrogen) atoms. The third-order valence-corrected chi connectivity index (χ3v) is 3.60. The first-order valence-electron chi connectivity index (χ1n) is 6.85. The lowest BCUT2D eigenvalue weighted by Gasteiger charge is -2.30. The number of benzene rings is 1. The highest BCUT2D eigenvalue weighted by atomic mass is 16.5. The van der Waals surface area contributed by atoms with Gasteiger partial charge in [0, 0.05) is 25.6 Å². The molecule has 1 amide bonds. The van der Waals surface area contributed by atoms with Crippen LogP contribution in [-0.2, 0) is 11.2 Å². The molecule has 1 atom stereocenters. The molecule has 0 spiro atoms. The predicted octanol–water partition coefficient (Wildman–Crippen LogP) is 1.58. The lowest BCUT2D eigenvalue weighted by molar-refractivity contribution is -0.132. The van der Waals surface area contributed by atoms with Crippen LogP contribution in [0.25, 0.3) is 0 Å². The monoisotopic (exact) mass is 262 g/mol. The van der Waals surface area contributed by atoms with Crippen molar-refractivity contribution < 1.29 is 9.53 Å². The molecule has 104 valence electrons. The van der Waals surface area contributed by atoms with Crippen molar-refractivity contribution >= 4 is 5.91 Å². The lowest BCUT2D eigenvalue weighted by Crippen LogP contribution is -2.45. The Bertz CT molecular complexity index is 417. The van der Waals surface area contributed by atoms with Crippen LogP contribution in [0.4, 0.5) is 0 Å². The van der Waals surface area contributed by atoms with Gasteiger partial charge in [0.05, 0.1) is 7.11 Å². The van der Waals surface area contributed by atoms with Crippen LogP contribution in [0.1, 0.15) is 24.8 Å². The van der Waals surface area contributed by atoms with E-state index in [9.17, 15) is 4.79 Å². The molecule has 1 fully saturated rings. The maximum absolute atomic E-state index is 12.1. The van der Waals surface area contributed by atoms with Gasteiger partial charge in [0.2, 0.25) is 5.91 Å². The number of ether oxygens (including phenoxy) is 1. The van der Waals surface area contributed by atoms with Crippen molar-refractivity contribution in [1.82, 2.24) is 4.90 Å². The van der Waals surface area contributed by atoms with Gasteiger partial charge >= 0.3 is 0 Å². The number of nitrogens with two attached hydrogens (primary N) is 1. The van der Waals surface area contributed by atoms with E-state index in [1.54, 1.807) is 7.11 Å². The van der Waals surface area contributed by atoms with Crippen LogP contribution < -0.4 is 10.5 Å². The fourth-order valence-electron chi connectivity index (χ4n) is 2.44. The van der Waals surface area contributed by atoms with Crippen LogP contribution in [0, 0.1) is 0 Å². The first-order chi connectivity index (χ1) is 9.19. The Balaban J connectivity index is 1.82. The summed E-state index contributed by atoms with van der Waals surface area (Å²) in [7, 11) is 1.65. The Kier molecular flexibility index (Phi) is 4.80. The third-order valence-electron chi connectivity index (χ3n) is 3.60. The van der Waals surface area contributed by atoms with E-state index >= 15 is 0 Å². The highest BCUT2D eigenvalue weighted by Crippen LogP contribution is 2.14. The van der Waals surface area contributed by atoms with Gasteiger partial charge in [-0.2, -0.15) is 0 Å². The second-order valence-corrected chi connectivity index (χ2v) is 5.09. The fraction of sp³-hybridized carbons (Fsp3) is 0.533. The number of hydrogen-bond acceptors (Lipinski definition) is 3. The van der Waals surface area contributed by atoms with Crippen molar-refractivity contribution in [3.63, 3.8) is 0 Å². The van der Waals surface area contributed by atoms with Crippen molar-refractivity contribution in [3.8, 4) is 5.75 Å². The van der Waals surface area contributed by atoms with Crippen molar-refractivity contribution in [2.45, 2.75) is 31.7 Å². The number of likely N-dealkylation sites (tertiary alicyclic amines) is 1. The van der Waals surface area contributed by atoms with Crippen molar-refractivity contribution in [2.24, 2.45) is 5.73 Å². The van der Waals surface area contributed by atoms with Crippen LogP contribution in [-0.4, -0.2) is 37.0 Å². The molecule has 0 bridgehead atoms. The normalized spacial score (nSPS) is 19.3. The average Bonchev–Trinajstić information content (AvgIpc) is 2.45. The molecule has 2 N–H and O–H groups in total. The van der Waals surface area contributed by atoms with Gasteiger partial charge in [0.1, 0.15) is 5.75 Å². The number of hydrogen-bond donors (Lipinski definition) is 1. The van der Waals surface area contributed by atoms with E-state index < -0.39 is 0 Å². The third kappa shape index (κ3) is 3.96. The van der Waals surface area contributed by atoms with Gasteiger partial charge in [0.25, 0.3) is 0 Å². The number of piperidine rings is 1. The van der Waals surface area contributed by atoms with Crippen LogP contribution in [0.3, 0.4) is 0 Å². The first-order valence-corrected chi connectivity index (χ1v) is 6.85. The molecule has 4 nitrogen and oxygen atoms in total. The van der Waals surface area contributed by atoms with Crippen molar-refractivity contribution in [1.29, 1.82) is 0 Å². The molecule has 1 aromatic rings. The molecule has 0 unspecified atom stereocenters. The zero-order valence-electron chi connectivity index (χ0n) is 11.5. The molecule has 1 aliphatic rings. The van der Waals surface area contributed by atoms with Gasteiger partial charge in [-0.15, -0.1) is 0 Å². The van der Waals surface area contributed by atoms with Crippen molar-refractivity contribution in [3.05, 3.63) is 29.8 Å². The molecule has 1 saturated heterocycles. The molecular weight excluding hydrogens is 240 g/mol. The van der Waals surface area contributed by atoms with Gasteiger partial charge in [-0.25, -0.2) is 0 Å². The summed E-state index contributed by atoms with van der Waals surface area (Å²) in [5.74, 6) is 1.06. The second-order valence-electron chi connectivity index (χ2n) is 5.09. The number of carbonyl (C=O) groups is 1. The molecule has 4 heteroatoms. The van der Waals surface area contributed by atoms with Gasteiger partial charge in [-0.05, 0) is 37.0 Å². The topological polar surface area (TPSA) is 55.6 Å². The molecular formula is C15H22N2O2. The number of carbonyl (C=O) groups excluding carboxylic acids is 1. The number of nitrogens with zero attached hydrogens (tertiary/aromatic N) is 1. The summed E-state index contributed by atoms with van der Waals surface area (Å²) in [5, 5.41) is 0. The largest absolute Gasteiger partial charge is 0.497 e. The molecule has 0 radical (unpaired) electrons. The minimum absolute atomic E-state index is 0.152. The van der Waals surface area contributed by atoms with E-state index in [0.717, 1.165) is 37.1 Å². The molecule has 2 rings (SSSR count). The van der Waals surface area contributed by atoms with Crippen LogP contribution >= 0.6 is 0 Å². The molecule has 0 aromatic heterocycles. The highest BCUT2D eigenvalue weighted by molar-refractivity contribution is 5.76. The summed E-state index contributed by atoms with van der Waals surface area (Å²) >= 11 is 0. The van der Waals surface area contributed by atoms with Crippen molar-refractivity contribution in [2.75, 3.05) is 20.2 Å². The zero-order chi connectivity index (χ0) is 13.7. The Morgan fingerprint density at radius 1 is 1.42 bits per heavy atom. The molecule has 1 heterocycles. The predicted molar refractivity (Wildman–Crippen MR) is 75.1 cm³/mol. The van der Waals surface area contributed by atoms with E-state index in [4.69, 9.17) is 10.5 Å². The van der Waals surface area contributed by atoms with Gasteiger partial charge in [-0.3, -0.25) is 4.79 Å². The summed E-state index contributed by atoms with van der Waals surface area (Å²) in [5.41, 5.74) is 7.06. The number of methoxy groups -OCH3 is 1. The number of rotatable bonds is 4. The molecule has 0 aliphatic carbocycles. The maximum atomic E-state index is 12.1. The van der Waals surface area contributed by atoms with E-state index in [0.29, 0.717) is 13.0 Å². The highest BCUT2D eigenvalue weighted by Gasteiger charge is 2.20. The van der Waals surface area contributed by atoms with E-state index in [-0.39, 0.29) is 11.9 Å². The van der Waals surface area contributed by atoms with Crippen LogP contribution in [0.2, 0.25) is 0 Å². The Labute approximate surface area is 114 Å². The SMILES string of the molecule is COc1ccc(CCC(=O)N2CCC[C@@H](N)C2)cc1. The lowest BCUT2D eigenvalue weighted by atomic mass is 10.0. The second kappa shape index (κ2) is 6.57. The maximum Gasteiger partial charge on any atom is 0.222 e. The average molecular weight is 262 g/mol. The number of aryl methyl sites for hydroxylation is 1. The van der Waals surface area contributed by atoms with E-state index in [2.05, 4.69) is 0 Å².